The van der Waals surface area contributed by atoms with Gasteiger partial charge in [0, 0.05) is 21.7 Å². The molecule has 1 aliphatic rings. The molecule has 5 rings (SSSR count). The van der Waals surface area contributed by atoms with Crippen molar-refractivity contribution < 1.29 is 19.0 Å². The molecule has 0 saturated heterocycles. The minimum Gasteiger partial charge on any atom is -0.497 e. The third kappa shape index (κ3) is 5.29. The van der Waals surface area contributed by atoms with Crippen LogP contribution >= 0.6 is 35.1 Å². The lowest BCUT2D eigenvalue weighted by molar-refractivity contribution is 0.111. The van der Waals surface area contributed by atoms with Gasteiger partial charge in [-0.15, -0.1) is 0 Å². The lowest BCUT2D eigenvalue weighted by atomic mass is 10.2. The first-order chi connectivity index (χ1) is 17.1. The van der Waals surface area contributed by atoms with Gasteiger partial charge < -0.3 is 18.8 Å². The second kappa shape index (κ2) is 10.7. The van der Waals surface area contributed by atoms with Crippen molar-refractivity contribution in [1.29, 1.82) is 0 Å². The first kappa shape index (κ1) is 23.7. The molecule has 3 aromatic carbocycles. The summed E-state index contributed by atoms with van der Waals surface area (Å²) in [6.07, 6.45) is 0.860. The lowest BCUT2D eigenvalue weighted by Gasteiger charge is -2.12. The average Bonchev–Trinajstić information content (AvgIpc) is 3.47. The summed E-state index contributed by atoms with van der Waals surface area (Å²) < 4.78 is 18.1. The Morgan fingerprint density at radius 1 is 1.09 bits per heavy atom. The number of imidazole rings is 1. The maximum Gasteiger partial charge on any atom is 0.231 e. The van der Waals surface area contributed by atoms with E-state index in [1.165, 1.54) is 23.5 Å². The number of nitrogens with zero attached hydrogens (tertiary/aromatic N) is 2. The molecule has 0 amide bonds. The molecule has 0 radical (unpaired) electrons. The van der Waals surface area contributed by atoms with Crippen molar-refractivity contribution in [2.24, 2.45) is 0 Å². The predicted molar refractivity (Wildman–Crippen MR) is 137 cm³/mol. The van der Waals surface area contributed by atoms with Crippen LogP contribution in [0.5, 0.6) is 17.2 Å². The maximum absolute atomic E-state index is 12.3. The highest BCUT2D eigenvalue weighted by Gasteiger charge is 2.22. The van der Waals surface area contributed by atoms with Crippen molar-refractivity contribution in [3.05, 3.63) is 88.6 Å². The molecule has 0 bridgehead atoms. The van der Waals surface area contributed by atoms with Crippen LogP contribution in [-0.2, 0) is 12.3 Å². The zero-order valence-electron chi connectivity index (χ0n) is 18.8. The van der Waals surface area contributed by atoms with Gasteiger partial charge in [-0.25, -0.2) is 4.98 Å². The third-order valence-electron chi connectivity index (χ3n) is 5.41. The monoisotopic (exact) mass is 524 g/mol. The largest absolute Gasteiger partial charge is 0.497 e. The fraction of sp³-hybridized carbons (Fsp3) is 0.154. The summed E-state index contributed by atoms with van der Waals surface area (Å²) in [4.78, 5) is 18.2. The summed E-state index contributed by atoms with van der Waals surface area (Å²) in [7, 11) is 1.64. The molecule has 0 spiro atoms. The van der Waals surface area contributed by atoms with Crippen molar-refractivity contribution in [3.63, 3.8) is 0 Å². The van der Waals surface area contributed by atoms with Gasteiger partial charge in [0.25, 0.3) is 0 Å². The van der Waals surface area contributed by atoms with E-state index in [2.05, 4.69) is 0 Å². The molecule has 0 N–H and O–H groups in total. The second-order valence-electron chi connectivity index (χ2n) is 7.64. The Morgan fingerprint density at radius 3 is 2.54 bits per heavy atom. The third-order valence-corrected chi connectivity index (χ3v) is 7.81. The number of fused-ring (bicyclic) bond motifs is 1. The Kier molecular flexibility index (Phi) is 7.22. The van der Waals surface area contributed by atoms with Crippen LogP contribution in [0.25, 0.3) is 0 Å². The first-order valence-corrected chi connectivity index (χ1v) is 12.9. The van der Waals surface area contributed by atoms with Gasteiger partial charge in [-0.2, -0.15) is 0 Å². The number of carbonyl (C=O) groups excluding carboxylic acids is 1. The number of benzene rings is 3. The zero-order chi connectivity index (χ0) is 24.2. The van der Waals surface area contributed by atoms with Crippen LogP contribution in [-0.4, -0.2) is 29.7 Å². The highest BCUT2D eigenvalue weighted by molar-refractivity contribution is 7.99. The van der Waals surface area contributed by atoms with Gasteiger partial charge in [0.1, 0.15) is 16.5 Å². The number of thioether (sulfide) groups is 1. The van der Waals surface area contributed by atoms with Crippen LogP contribution in [0, 0.1) is 0 Å². The number of hydrogen-bond donors (Lipinski definition) is 0. The predicted octanol–water partition coefficient (Wildman–Crippen LogP) is 6.58. The van der Waals surface area contributed by atoms with E-state index in [0.717, 1.165) is 28.1 Å². The fourth-order valence-electron chi connectivity index (χ4n) is 3.59. The summed E-state index contributed by atoms with van der Waals surface area (Å²) in [6, 6.07) is 21.4. The molecule has 0 saturated carbocycles. The topological polar surface area (TPSA) is 62.6 Å². The smallest absolute Gasteiger partial charge is 0.231 e. The van der Waals surface area contributed by atoms with E-state index in [-0.39, 0.29) is 6.79 Å². The molecular formula is C26H21ClN2O4S2. The molecule has 6 nitrogen and oxygen atoms in total. The first-order valence-electron chi connectivity index (χ1n) is 10.8. The molecule has 0 fully saturated rings. The molecule has 1 aromatic heterocycles. The quantitative estimate of drug-likeness (QED) is 0.181. The molecule has 0 aliphatic carbocycles. The van der Waals surface area contributed by atoms with Gasteiger partial charge in [0.05, 0.1) is 13.7 Å². The highest BCUT2D eigenvalue weighted by atomic mass is 35.5. The summed E-state index contributed by atoms with van der Waals surface area (Å²) >= 11 is 9.59. The Bertz CT molecular complexity index is 1340. The Hall–Kier alpha value is -3.07. The molecule has 1 aliphatic heterocycles. The number of aromatic nitrogens is 2. The number of methoxy groups -OCH3 is 1. The van der Waals surface area contributed by atoms with E-state index in [4.69, 9.17) is 30.8 Å². The van der Waals surface area contributed by atoms with Crippen molar-refractivity contribution in [2.45, 2.75) is 27.4 Å². The summed E-state index contributed by atoms with van der Waals surface area (Å²) in [5.74, 6) is 2.74. The SMILES string of the molecule is COc1ccc(CSc2nc(Sc3ccccc3)n(Cc3cc4c(cc3Cl)OCO4)c2C=O)cc1. The number of carbonyl (C=O) groups is 1. The van der Waals surface area contributed by atoms with E-state index in [1.807, 2.05) is 65.2 Å². The number of halogens is 1. The van der Waals surface area contributed by atoms with Gasteiger partial charge in [-0.1, -0.05) is 65.5 Å². The van der Waals surface area contributed by atoms with Crippen molar-refractivity contribution in [1.82, 2.24) is 9.55 Å². The summed E-state index contributed by atoms with van der Waals surface area (Å²) in [5.41, 5.74) is 2.44. The van der Waals surface area contributed by atoms with E-state index < -0.39 is 0 Å². The fourth-order valence-corrected chi connectivity index (χ4v) is 5.73. The number of rotatable bonds is 9. The van der Waals surface area contributed by atoms with E-state index in [9.17, 15) is 4.79 Å². The normalized spacial score (nSPS) is 12.1. The van der Waals surface area contributed by atoms with Gasteiger partial charge in [0.15, 0.2) is 22.9 Å². The van der Waals surface area contributed by atoms with E-state index in [0.29, 0.717) is 44.7 Å². The Morgan fingerprint density at radius 2 is 1.83 bits per heavy atom. The van der Waals surface area contributed by atoms with Crippen LogP contribution in [0.15, 0.2) is 81.8 Å². The molecular weight excluding hydrogens is 504 g/mol. The summed E-state index contributed by atoms with van der Waals surface area (Å²) in [5, 5.41) is 1.93. The minimum absolute atomic E-state index is 0.168. The molecule has 0 unspecified atom stereocenters. The van der Waals surface area contributed by atoms with Crippen molar-refractivity contribution in [2.75, 3.05) is 13.9 Å². The van der Waals surface area contributed by atoms with Crippen LogP contribution in [0.2, 0.25) is 5.02 Å². The molecule has 0 atom stereocenters. The Balaban J connectivity index is 1.48. The number of ether oxygens (including phenoxy) is 3. The van der Waals surface area contributed by atoms with Crippen LogP contribution in [0.3, 0.4) is 0 Å². The van der Waals surface area contributed by atoms with E-state index in [1.54, 1.807) is 13.2 Å². The number of aldehydes is 1. The van der Waals surface area contributed by atoms with Crippen LogP contribution in [0.4, 0.5) is 0 Å². The minimum atomic E-state index is 0.168. The van der Waals surface area contributed by atoms with Crippen molar-refractivity contribution >= 4 is 41.4 Å². The molecule has 35 heavy (non-hydrogen) atoms. The zero-order valence-corrected chi connectivity index (χ0v) is 21.2. The van der Waals surface area contributed by atoms with Crippen LogP contribution < -0.4 is 14.2 Å². The van der Waals surface area contributed by atoms with Gasteiger partial charge in [-0.05, 0) is 41.5 Å². The lowest BCUT2D eigenvalue weighted by Crippen LogP contribution is -2.06. The standard InChI is InChI=1S/C26H21ClN2O4S2/c1-31-19-9-7-17(8-10-19)15-34-25-22(14-30)29(26(28-25)35-20-5-3-2-4-6-20)13-18-11-23-24(12-21(18)27)33-16-32-23/h2-12,14H,13,15-16H2,1H3. The van der Waals surface area contributed by atoms with Gasteiger partial charge >= 0.3 is 0 Å². The maximum atomic E-state index is 12.3. The molecule has 2 heterocycles. The van der Waals surface area contributed by atoms with Gasteiger partial charge in [0.2, 0.25) is 6.79 Å². The van der Waals surface area contributed by atoms with E-state index >= 15 is 0 Å². The highest BCUT2D eigenvalue weighted by Crippen LogP contribution is 2.39. The number of hydrogen-bond acceptors (Lipinski definition) is 7. The second-order valence-corrected chi connectivity index (χ2v) is 10.0. The Labute approximate surface area is 216 Å². The summed E-state index contributed by atoms with van der Waals surface area (Å²) in [6.45, 7) is 0.538. The molecule has 9 heteroatoms. The van der Waals surface area contributed by atoms with Gasteiger partial charge in [-0.3, -0.25) is 4.79 Å². The molecule has 4 aromatic rings. The van der Waals surface area contributed by atoms with Crippen LogP contribution in [0.1, 0.15) is 21.6 Å². The van der Waals surface area contributed by atoms with Crippen molar-refractivity contribution in [3.8, 4) is 17.2 Å². The molecule has 178 valence electrons. The average molecular weight is 525 g/mol.